The predicted octanol–water partition coefficient (Wildman–Crippen LogP) is 4.23. The zero-order valence-electron chi connectivity index (χ0n) is 17.0. The Balaban J connectivity index is 1.48. The molecule has 3 aromatic carbocycles. The van der Waals surface area contributed by atoms with Gasteiger partial charge in [0.15, 0.2) is 0 Å². The summed E-state index contributed by atoms with van der Waals surface area (Å²) in [4.78, 5) is 12.2. The molecule has 4 N–H and O–H groups in total. The fraction of sp³-hybridized carbons (Fsp3) is 0.240. The smallest absolute Gasteiger partial charge is 0.330 e. The van der Waals surface area contributed by atoms with Crippen molar-refractivity contribution in [1.82, 2.24) is 0 Å². The molecule has 1 aliphatic carbocycles. The molecular weight excluding hydrogens is 376 g/mol. The Morgan fingerprint density at radius 2 is 1.80 bits per heavy atom. The van der Waals surface area contributed by atoms with Crippen molar-refractivity contribution < 1.29 is 14.6 Å². The van der Waals surface area contributed by atoms with Crippen LogP contribution in [0.3, 0.4) is 0 Å². The Hall–Kier alpha value is -3.47. The van der Waals surface area contributed by atoms with Gasteiger partial charge in [-0.1, -0.05) is 54.1 Å². The normalized spacial score (nSPS) is 14.2. The number of hydrogen-bond acceptors (Lipinski definition) is 4. The molecule has 1 aliphatic rings. The van der Waals surface area contributed by atoms with Gasteiger partial charge < -0.3 is 20.9 Å². The molecule has 0 aromatic heterocycles. The van der Waals surface area contributed by atoms with E-state index in [9.17, 15) is 9.90 Å². The molecule has 5 nitrogen and oxygen atoms in total. The van der Waals surface area contributed by atoms with Crippen molar-refractivity contribution in [2.75, 3.05) is 17.7 Å². The van der Waals surface area contributed by atoms with E-state index >= 15 is 0 Å². The Labute approximate surface area is 176 Å². The average Bonchev–Trinajstić information content (AvgIpc) is 3.10. The van der Waals surface area contributed by atoms with E-state index in [4.69, 9.17) is 10.5 Å². The quantitative estimate of drug-likeness (QED) is 0.515. The fourth-order valence-electron chi connectivity index (χ4n) is 4.07. The Morgan fingerprint density at radius 3 is 2.47 bits per heavy atom. The predicted molar refractivity (Wildman–Crippen MR) is 119 cm³/mol. The summed E-state index contributed by atoms with van der Waals surface area (Å²) in [6.07, 6.45) is 1.64. The van der Waals surface area contributed by atoms with Crippen LogP contribution in [-0.4, -0.2) is 23.2 Å². The molecule has 0 heterocycles. The minimum absolute atomic E-state index is 0.437. The van der Waals surface area contributed by atoms with E-state index in [-0.39, 0.29) is 0 Å². The van der Waals surface area contributed by atoms with Crippen molar-refractivity contribution in [3.05, 3.63) is 89.0 Å². The first kappa shape index (κ1) is 19.8. The number of carboxylic acid groups (broad SMARTS) is 1. The molecule has 0 saturated heterocycles. The minimum atomic E-state index is -1.07. The van der Waals surface area contributed by atoms with E-state index < -0.39 is 11.5 Å². The Morgan fingerprint density at radius 1 is 1.07 bits per heavy atom. The van der Waals surface area contributed by atoms with Gasteiger partial charge in [-0.25, -0.2) is 4.79 Å². The van der Waals surface area contributed by atoms with Crippen LogP contribution >= 0.6 is 0 Å². The van der Waals surface area contributed by atoms with Crippen LogP contribution < -0.4 is 15.8 Å². The first-order valence-electron chi connectivity index (χ1n) is 10.1. The third-order valence-electron chi connectivity index (χ3n) is 5.64. The highest BCUT2D eigenvalue weighted by Crippen LogP contribution is 2.35. The molecule has 0 unspecified atom stereocenters. The highest BCUT2D eigenvalue weighted by Gasteiger charge is 2.44. The van der Waals surface area contributed by atoms with Crippen LogP contribution in [-0.2, 0) is 24.1 Å². The summed E-state index contributed by atoms with van der Waals surface area (Å²) in [5.41, 5.74) is 10.8. The van der Waals surface area contributed by atoms with E-state index in [1.165, 1.54) is 11.1 Å². The summed E-state index contributed by atoms with van der Waals surface area (Å²) in [7, 11) is 0. The van der Waals surface area contributed by atoms with Gasteiger partial charge in [-0.15, -0.1) is 0 Å². The molecular formula is C25H26N2O3. The SMILES string of the molecule is Cc1cccc(CCOc2cc(NC3(C(=O)O)Cc4ccccc4C3)ccc2N)c1. The number of benzene rings is 3. The van der Waals surface area contributed by atoms with E-state index in [2.05, 4.69) is 30.4 Å². The molecule has 5 heteroatoms. The standard InChI is InChI=1S/C25H26N2O3/c1-17-5-4-6-18(13-17)11-12-30-23-14-21(9-10-22(23)26)27-25(24(28)29)15-19-7-2-3-8-20(19)16-25/h2-10,13-14,27H,11-12,15-16,26H2,1H3,(H,28,29). The second-order valence-electron chi connectivity index (χ2n) is 7.97. The number of rotatable bonds is 7. The minimum Gasteiger partial charge on any atom is -0.491 e. The number of nitrogens with two attached hydrogens (primary N) is 1. The van der Waals surface area contributed by atoms with Crippen LogP contribution in [0.1, 0.15) is 22.3 Å². The number of anilines is 2. The summed E-state index contributed by atoms with van der Waals surface area (Å²) in [5, 5.41) is 13.2. The number of carboxylic acids is 1. The van der Waals surface area contributed by atoms with Crippen LogP contribution in [0.2, 0.25) is 0 Å². The number of hydrogen-bond donors (Lipinski definition) is 3. The van der Waals surface area contributed by atoms with Gasteiger partial charge in [0.05, 0.1) is 12.3 Å². The molecule has 0 saturated carbocycles. The van der Waals surface area contributed by atoms with Crippen LogP contribution in [0, 0.1) is 6.92 Å². The topological polar surface area (TPSA) is 84.6 Å². The third-order valence-corrected chi connectivity index (χ3v) is 5.64. The van der Waals surface area contributed by atoms with Gasteiger partial charge in [-0.3, -0.25) is 0 Å². The van der Waals surface area contributed by atoms with Gasteiger partial charge in [-0.2, -0.15) is 0 Å². The van der Waals surface area contributed by atoms with Crippen molar-refractivity contribution >= 4 is 17.3 Å². The highest BCUT2D eigenvalue weighted by molar-refractivity contribution is 5.85. The average molecular weight is 402 g/mol. The lowest BCUT2D eigenvalue weighted by atomic mass is 9.95. The number of fused-ring (bicyclic) bond motifs is 1. The zero-order chi connectivity index (χ0) is 21.1. The van der Waals surface area contributed by atoms with Crippen molar-refractivity contribution in [2.45, 2.75) is 31.7 Å². The van der Waals surface area contributed by atoms with Crippen LogP contribution in [0.5, 0.6) is 5.75 Å². The zero-order valence-corrected chi connectivity index (χ0v) is 17.0. The molecule has 4 rings (SSSR count). The Bertz CT molecular complexity index is 1050. The van der Waals surface area contributed by atoms with Crippen LogP contribution in [0.4, 0.5) is 11.4 Å². The molecule has 0 spiro atoms. The molecule has 30 heavy (non-hydrogen) atoms. The van der Waals surface area contributed by atoms with Gasteiger partial charge in [0.25, 0.3) is 0 Å². The van der Waals surface area contributed by atoms with Gasteiger partial charge in [0.2, 0.25) is 0 Å². The molecule has 0 aliphatic heterocycles. The summed E-state index contributed by atoms with van der Waals surface area (Å²) in [6, 6.07) is 21.5. The number of aliphatic carboxylic acids is 1. The van der Waals surface area contributed by atoms with Crippen molar-refractivity contribution in [3.8, 4) is 5.75 Å². The maximum absolute atomic E-state index is 12.2. The summed E-state index contributed by atoms with van der Waals surface area (Å²) in [6.45, 7) is 2.56. The van der Waals surface area contributed by atoms with Gasteiger partial charge in [0.1, 0.15) is 11.3 Å². The van der Waals surface area contributed by atoms with Crippen molar-refractivity contribution in [1.29, 1.82) is 0 Å². The maximum atomic E-state index is 12.2. The van der Waals surface area contributed by atoms with Crippen LogP contribution in [0.15, 0.2) is 66.7 Å². The number of nitrogens with one attached hydrogen (secondary N) is 1. The molecule has 154 valence electrons. The van der Waals surface area contributed by atoms with E-state index in [0.29, 0.717) is 36.6 Å². The van der Waals surface area contributed by atoms with E-state index in [1.54, 1.807) is 18.2 Å². The molecule has 0 amide bonds. The van der Waals surface area contributed by atoms with Gasteiger partial charge in [0, 0.05) is 31.0 Å². The lowest BCUT2D eigenvalue weighted by molar-refractivity contribution is -0.142. The molecule has 0 bridgehead atoms. The van der Waals surface area contributed by atoms with Gasteiger partial charge >= 0.3 is 5.97 Å². The summed E-state index contributed by atoms with van der Waals surface area (Å²) < 4.78 is 5.93. The third kappa shape index (κ3) is 4.10. The molecule has 0 fully saturated rings. The molecule has 0 atom stereocenters. The molecule has 3 aromatic rings. The summed E-state index contributed by atoms with van der Waals surface area (Å²) in [5.74, 6) is -0.304. The fourth-order valence-corrected chi connectivity index (χ4v) is 4.07. The first-order valence-corrected chi connectivity index (χ1v) is 10.1. The number of aryl methyl sites for hydroxylation is 1. The second kappa shape index (κ2) is 8.11. The van der Waals surface area contributed by atoms with Crippen LogP contribution in [0.25, 0.3) is 0 Å². The number of nitrogen functional groups attached to an aromatic ring is 1. The first-order chi connectivity index (χ1) is 14.4. The van der Waals surface area contributed by atoms with Gasteiger partial charge in [-0.05, 0) is 35.7 Å². The number of carbonyl (C=O) groups is 1. The second-order valence-corrected chi connectivity index (χ2v) is 7.97. The van der Waals surface area contributed by atoms with E-state index in [0.717, 1.165) is 17.5 Å². The highest BCUT2D eigenvalue weighted by atomic mass is 16.5. The van der Waals surface area contributed by atoms with Crippen molar-refractivity contribution in [3.63, 3.8) is 0 Å². The number of ether oxygens (including phenoxy) is 1. The largest absolute Gasteiger partial charge is 0.491 e. The monoisotopic (exact) mass is 402 g/mol. The Kier molecular flexibility index (Phi) is 5.36. The van der Waals surface area contributed by atoms with Crippen molar-refractivity contribution in [2.24, 2.45) is 0 Å². The maximum Gasteiger partial charge on any atom is 0.330 e. The summed E-state index contributed by atoms with van der Waals surface area (Å²) >= 11 is 0. The lowest BCUT2D eigenvalue weighted by Gasteiger charge is -2.27. The van der Waals surface area contributed by atoms with E-state index in [1.807, 2.05) is 30.3 Å². The lowest BCUT2D eigenvalue weighted by Crippen LogP contribution is -2.47. The molecule has 0 radical (unpaired) electrons.